The Labute approximate surface area is 211 Å². The summed E-state index contributed by atoms with van der Waals surface area (Å²) >= 11 is 0. The van der Waals surface area contributed by atoms with Crippen molar-refractivity contribution >= 4 is 34.7 Å². The molecule has 2 aliphatic heterocycles. The maximum atomic E-state index is 12.0. The van der Waals surface area contributed by atoms with Crippen LogP contribution >= 0.6 is 0 Å². The van der Waals surface area contributed by atoms with Crippen molar-refractivity contribution in [3.8, 4) is 0 Å². The molecule has 1 saturated heterocycles. The number of carbonyl (C=O) groups is 1. The van der Waals surface area contributed by atoms with Crippen LogP contribution in [0.25, 0.3) is 0 Å². The molecule has 8 heteroatoms. The largest absolute Gasteiger partial charge is 0.378 e. The first-order chi connectivity index (χ1) is 17.6. The van der Waals surface area contributed by atoms with E-state index >= 15 is 0 Å². The van der Waals surface area contributed by atoms with Crippen LogP contribution in [0.5, 0.6) is 0 Å². The molecule has 2 N–H and O–H groups in total. The van der Waals surface area contributed by atoms with Crippen molar-refractivity contribution in [2.45, 2.75) is 32.7 Å². The summed E-state index contributed by atoms with van der Waals surface area (Å²) in [6.45, 7) is 7.16. The van der Waals surface area contributed by atoms with Gasteiger partial charge >= 0.3 is 0 Å². The van der Waals surface area contributed by atoms with Gasteiger partial charge in [0, 0.05) is 60.4 Å². The minimum atomic E-state index is 0.138. The topological polar surface area (TPSA) is 82.6 Å². The number of nitrogens with one attached hydrogen (secondary N) is 2. The Morgan fingerprint density at radius 1 is 0.972 bits per heavy atom. The SMILES string of the molecule is Cc1nc(Nc2ccc(N3CCOCC3)cc2)nc2c1CCN2Cc1ccc(NC(=O)C2CC2)cc1. The molecule has 186 valence electrons. The number of nitrogens with zero attached hydrogens (tertiary/aromatic N) is 4. The number of amides is 1. The second kappa shape index (κ2) is 9.78. The lowest BCUT2D eigenvalue weighted by atomic mass is 10.2. The zero-order valence-electron chi connectivity index (χ0n) is 20.7. The van der Waals surface area contributed by atoms with E-state index in [1.807, 2.05) is 12.1 Å². The lowest BCUT2D eigenvalue weighted by molar-refractivity contribution is -0.117. The number of carbonyl (C=O) groups excluding carboxylic acids is 1. The number of morpholine rings is 1. The van der Waals surface area contributed by atoms with E-state index in [0.29, 0.717) is 5.95 Å². The minimum Gasteiger partial charge on any atom is -0.378 e. The van der Waals surface area contributed by atoms with Crippen LogP contribution in [0.2, 0.25) is 0 Å². The third kappa shape index (κ3) is 4.99. The van der Waals surface area contributed by atoms with Gasteiger partial charge in [0.05, 0.1) is 13.2 Å². The molecule has 0 spiro atoms. The molecule has 0 bridgehead atoms. The van der Waals surface area contributed by atoms with Crippen LogP contribution in [0.15, 0.2) is 48.5 Å². The molecule has 0 radical (unpaired) electrons. The smallest absolute Gasteiger partial charge is 0.229 e. The van der Waals surface area contributed by atoms with E-state index < -0.39 is 0 Å². The summed E-state index contributed by atoms with van der Waals surface area (Å²) in [6.07, 6.45) is 2.97. The van der Waals surface area contributed by atoms with Crippen molar-refractivity contribution in [1.82, 2.24) is 9.97 Å². The highest BCUT2D eigenvalue weighted by Crippen LogP contribution is 2.32. The predicted molar refractivity (Wildman–Crippen MR) is 142 cm³/mol. The van der Waals surface area contributed by atoms with Crippen LogP contribution in [0, 0.1) is 12.8 Å². The molecule has 3 aliphatic rings. The Balaban J connectivity index is 1.13. The zero-order valence-corrected chi connectivity index (χ0v) is 20.7. The van der Waals surface area contributed by atoms with Gasteiger partial charge < -0.3 is 25.2 Å². The molecule has 3 aromatic rings. The molecule has 36 heavy (non-hydrogen) atoms. The fourth-order valence-electron chi connectivity index (χ4n) is 4.91. The molecule has 6 rings (SSSR count). The molecule has 0 unspecified atom stereocenters. The molecule has 3 heterocycles. The highest BCUT2D eigenvalue weighted by atomic mass is 16.5. The first-order valence-corrected chi connectivity index (χ1v) is 12.8. The van der Waals surface area contributed by atoms with Crippen molar-refractivity contribution in [3.05, 3.63) is 65.4 Å². The van der Waals surface area contributed by atoms with E-state index in [1.54, 1.807) is 0 Å². The Bertz CT molecular complexity index is 1230. The monoisotopic (exact) mass is 484 g/mol. The van der Waals surface area contributed by atoms with E-state index in [4.69, 9.17) is 14.7 Å². The van der Waals surface area contributed by atoms with Crippen molar-refractivity contribution in [3.63, 3.8) is 0 Å². The maximum Gasteiger partial charge on any atom is 0.229 e. The van der Waals surface area contributed by atoms with E-state index in [-0.39, 0.29) is 11.8 Å². The second-order valence-corrected chi connectivity index (χ2v) is 9.84. The Morgan fingerprint density at radius 3 is 2.42 bits per heavy atom. The average molecular weight is 485 g/mol. The fourth-order valence-corrected chi connectivity index (χ4v) is 4.91. The Hall–Kier alpha value is -3.65. The molecule has 1 amide bonds. The average Bonchev–Trinajstić information content (AvgIpc) is 3.68. The summed E-state index contributed by atoms with van der Waals surface area (Å²) in [6, 6.07) is 16.6. The maximum absolute atomic E-state index is 12.0. The fraction of sp³-hybridized carbons (Fsp3) is 0.393. The van der Waals surface area contributed by atoms with Crippen LogP contribution < -0.4 is 20.4 Å². The molecule has 1 aliphatic carbocycles. The van der Waals surface area contributed by atoms with Crippen LogP contribution in [0.1, 0.15) is 29.7 Å². The summed E-state index contributed by atoms with van der Waals surface area (Å²) in [5, 5.41) is 6.41. The predicted octanol–water partition coefficient (Wildman–Crippen LogP) is 4.28. The van der Waals surface area contributed by atoms with Gasteiger partial charge in [-0.1, -0.05) is 12.1 Å². The quantitative estimate of drug-likeness (QED) is 0.518. The van der Waals surface area contributed by atoms with Gasteiger partial charge in [-0.15, -0.1) is 0 Å². The lowest BCUT2D eigenvalue weighted by Crippen LogP contribution is -2.36. The van der Waals surface area contributed by atoms with E-state index in [9.17, 15) is 4.79 Å². The third-order valence-corrected chi connectivity index (χ3v) is 7.17. The van der Waals surface area contributed by atoms with Crippen molar-refractivity contribution in [2.24, 2.45) is 5.92 Å². The van der Waals surface area contributed by atoms with Gasteiger partial charge in [-0.3, -0.25) is 4.79 Å². The van der Waals surface area contributed by atoms with E-state index in [1.165, 1.54) is 16.8 Å². The van der Waals surface area contributed by atoms with Gasteiger partial charge in [0.15, 0.2) is 0 Å². The minimum absolute atomic E-state index is 0.138. The first kappa shape index (κ1) is 22.8. The third-order valence-electron chi connectivity index (χ3n) is 7.17. The van der Waals surface area contributed by atoms with Gasteiger partial charge in [0.1, 0.15) is 5.82 Å². The summed E-state index contributed by atoms with van der Waals surface area (Å²) in [4.78, 5) is 26.3. The molecule has 2 fully saturated rings. The molecular weight excluding hydrogens is 452 g/mol. The number of aryl methyl sites for hydroxylation is 1. The molecule has 1 saturated carbocycles. The molecule has 2 aromatic carbocycles. The number of benzene rings is 2. The highest BCUT2D eigenvalue weighted by molar-refractivity contribution is 5.94. The van der Waals surface area contributed by atoms with Gasteiger partial charge in [0.2, 0.25) is 11.9 Å². The van der Waals surface area contributed by atoms with Crippen molar-refractivity contribution in [1.29, 1.82) is 0 Å². The van der Waals surface area contributed by atoms with Gasteiger partial charge in [0.25, 0.3) is 0 Å². The van der Waals surface area contributed by atoms with Crippen molar-refractivity contribution < 1.29 is 9.53 Å². The van der Waals surface area contributed by atoms with Crippen LogP contribution in [0.3, 0.4) is 0 Å². The van der Waals surface area contributed by atoms with Crippen LogP contribution in [0.4, 0.5) is 28.8 Å². The Morgan fingerprint density at radius 2 is 1.69 bits per heavy atom. The molecule has 8 nitrogen and oxygen atoms in total. The molecule has 0 atom stereocenters. The number of aromatic nitrogens is 2. The number of rotatable bonds is 7. The standard InChI is InChI=1S/C28H32N6O2/c1-19-25-12-13-34(18-20-2-6-22(7-3-20)30-27(35)21-4-5-21)26(25)32-28(29-19)31-23-8-10-24(11-9-23)33-14-16-36-17-15-33/h2-3,6-11,21H,4-5,12-18H2,1H3,(H,30,35)(H,29,31,32). The van der Waals surface area contributed by atoms with Crippen LogP contribution in [-0.2, 0) is 22.5 Å². The van der Waals surface area contributed by atoms with Crippen LogP contribution in [-0.4, -0.2) is 48.7 Å². The number of anilines is 5. The summed E-state index contributed by atoms with van der Waals surface area (Å²) < 4.78 is 5.46. The molecular formula is C28H32N6O2. The van der Waals surface area contributed by atoms with Crippen molar-refractivity contribution in [2.75, 3.05) is 53.3 Å². The summed E-state index contributed by atoms with van der Waals surface area (Å²) in [5.41, 5.74) is 6.47. The number of hydrogen-bond donors (Lipinski definition) is 2. The second-order valence-electron chi connectivity index (χ2n) is 9.84. The van der Waals surface area contributed by atoms with E-state index in [2.05, 4.69) is 63.8 Å². The Kier molecular flexibility index (Phi) is 6.19. The number of hydrogen-bond acceptors (Lipinski definition) is 7. The summed E-state index contributed by atoms with van der Waals surface area (Å²) in [5.74, 6) is 1.97. The highest BCUT2D eigenvalue weighted by Gasteiger charge is 2.29. The van der Waals surface area contributed by atoms with Gasteiger partial charge in [-0.25, -0.2) is 4.98 Å². The normalized spacial score (nSPS) is 17.1. The molecule has 1 aromatic heterocycles. The van der Waals surface area contributed by atoms with Gasteiger partial charge in [-0.05, 0) is 68.1 Å². The number of ether oxygens (including phenoxy) is 1. The zero-order chi connectivity index (χ0) is 24.5. The van der Waals surface area contributed by atoms with E-state index in [0.717, 1.165) is 81.5 Å². The number of fused-ring (bicyclic) bond motifs is 1. The first-order valence-electron chi connectivity index (χ1n) is 12.8. The lowest BCUT2D eigenvalue weighted by Gasteiger charge is -2.28. The summed E-state index contributed by atoms with van der Waals surface area (Å²) in [7, 11) is 0. The van der Waals surface area contributed by atoms with Gasteiger partial charge in [-0.2, -0.15) is 4.98 Å².